The summed E-state index contributed by atoms with van der Waals surface area (Å²) in [7, 11) is 1.55. The molecule has 1 heterocycles. The highest BCUT2D eigenvalue weighted by molar-refractivity contribution is 6.05. The molecule has 0 atom stereocenters. The van der Waals surface area contributed by atoms with Crippen LogP contribution in [0.4, 0.5) is 11.4 Å². The molecule has 144 valence electrons. The minimum Gasteiger partial charge on any atom is -0.461 e. The molecule has 0 saturated carbocycles. The van der Waals surface area contributed by atoms with Gasteiger partial charge in [-0.15, -0.1) is 5.43 Å². The molecule has 0 fully saturated rings. The Labute approximate surface area is 157 Å². The number of anilines is 1. The standard InChI is InChI=1S/C18H23N5O4/c1-6-27-17(25)15-11-13(20-22(15)5)16(24)19-12-9-7-8-10-14(12)23(26)21-18(2,3)4/h7-11H,6H2,1-5H3,(H-,19,21,24,26)/p+1. The number of hydrogen-bond donors (Lipinski definition) is 2. The zero-order valence-electron chi connectivity index (χ0n) is 16.1. The first-order valence-corrected chi connectivity index (χ1v) is 8.49. The second kappa shape index (κ2) is 7.98. The van der Waals surface area contributed by atoms with E-state index in [4.69, 9.17) is 4.74 Å². The van der Waals surface area contributed by atoms with Gasteiger partial charge in [0.1, 0.15) is 11.4 Å². The van der Waals surface area contributed by atoms with Gasteiger partial charge in [-0.1, -0.05) is 12.1 Å². The Morgan fingerprint density at radius 2 is 1.93 bits per heavy atom. The van der Waals surface area contributed by atoms with E-state index in [0.29, 0.717) is 10.6 Å². The molecule has 1 aromatic heterocycles. The largest absolute Gasteiger partial charge is 0.461 e. The fourth-order valence-corrected chi connectivity index (χ4v) is 2.28. The summed E-state index contributed by atoms with van der Waals surface area (Å²) in [6.45, 7) is 7.47. The highest BCUT2D eigenvalue weighted by atomic mass is 16.5. The van der Waals surface area contributed by atoms with E-state index in [1.54, 1.807) is 38.2 Å². The minimum atomic E-state index is -0.563. The molecule has 2 rings (SSSR count). The molecule has 9 heteroatoms. The first kappa shape index (κ1) is 20.1. The van der Waals surface area contributed by atoms with Crippen LogP contribution in [-0.2, 0) is 11.8 Å². The van der Waals surface area contributed by atoms with Gasteiger partial charge in [0.2, 0.25) is 0 Å². The lowest BCUT2D eigenvalue weighted by Gasteiger charge is -2.14. The Hall–Kier alpha value is -3.23. The first-order valence-electron chi connectivity index (χ1n) is 8.49. The van der Waals surface area contributed by atoms with E-state index in [1.807, 2.05) is 20.8 Å². The molecule has 0 aliphatic carbocycles. The Kier molecular flexibility index (Phi) is 5.94. The van der Waals surface area contributed by atoms with Gasteiger partial charge in [0.05, 0.1) is 17.1 Å². The van der Waals surface area contributed by atoms with Crippen LogP contribution in [0.25, 0.3) is 0 Å². The molecule has 1 aromatic carbocycles. The number of rotatable bonds is 6. The second-order valence-corrected chi connectivity index (χ2v) is 6.89. The molecular weight excluding hydrogens is 350 g/mol. The number of amides is 1. The summed E-state index contributed by atoms with van der Waals surface area (Å²) < 4.78 is 6.21. The Bertz CT molecular complexity index is 867. The van der Waals surface area contributed by atoms with E-state index in [0.717, 1.165) is 0 Å². The van der Waals surface area contributed by atoms with Crippen molar-refractivity contribution in [3.63, 3.8) is 0 Å². The zero-order chi connectivity index (χ0) is 20.2. The fourth-order valence-electron chi connectivity index (χ4n) is 2.28. The fraction of sp³-hybridized carbons (Fsp3) is 0.389. The van der Waals surface area contributed by atoms with Gasteiger partial charge in [-0.25, -0.2) is 4.79 Å². The van der Waals surface area contributed by atoms with Crippen molar-refractivity contribution >= 4 is 23.3 Å². The van der Waals surface area contributed by atoms with Crippen LogP contribution in [0.1, 0.15) is 48.7 Å². The number of hydrogen-bond acceptors (Lipinski definition) is 5. The average Bonchev–Trinajstić information content (AvgIpc) is 2.96. The number of hydrazine groups is 1. The molecule has 27 heavy (non-hydrogen) atoms. The molecule has 9 nitrogen and oxygen atoms in total. The highest BCUT2D eigenvalue weighted by Crippen LogP contribution is 2.24. The van der Waals surface area contributed by atoms with Crippen molar-refractivity contribution in [1.82, 2.24) is 15.2 Å². The summed E-state index contributed by atoms with van der Waals surface area (Å²) in [5, 5.41) is 6.70. The summed E-state index contributed by atoms with van der Waals surface area (Å²) in [5.41, 5.74) is 3.10. The third kappa shape index (κ3) is 5.13. The van der Waals surface area contributed by atoms with Crippen molar-refractivity contribution in [3.05, 3.63) is 46.6 Å². The van der Waals surface area contributed by atoms with E-state index >= 15 is 0 Å². The predicted octanol–water partition coefficient (Wildman–Crippen LogP) is 2.56. The number of nitroso groups, excluding NO2 is 1. The highest BCUT2D eigenvalue weighted by Gasteiger charge is 2.27. The number of carbonyl (C=O) groups is 2. The van der Waals surface area contributed by atoms with Crippen molar-refractivity contribution in [2.24, 2.45) is 7.05 Å². The van der Waals surface area contributed by atoms with Crippen LogP contribution >= 0.6 is 0 Å². The van der Waals surface area contributed by atoms with Gasteiger partial charge < -0.3 is 10.1 Å². The van der Waals surface area contributed by atoms with Gasteiger partial charge in [-0.3, -0.25) is 9.48 Å². The van der Waals surface area contributed by atoms with Crippen LogP contribution in [-0.4, -0.2) is 38.7 Å². The maximum absolute atomic E-state index is 12.5. The lowest BCUT2D eigenvalue weighted by atomic mass is 10.1. The van der Waals surface area contributed by atoms with Crippen molar-refractivity contribution < 1.29 is 19.2 Å². The third-order valence-electron chi connectivity index (χ3n) is 3.41. The van der Waals surface area contributed by atoms with Crippen molar-refractivity contribution in [1.29, 1.82) is 0 Å². The SMILES string of the molecule is CCOC(=O)c1cc(C(=O)Nc2ccccc2[N+](=O)NC(C)(C)C)nn1C. The predicted molar refractivity (Wildman–Crippen MR) is 99.7 cm³/mol. The van der Waals surface area contributed by atoms with Gasteiger partial charge in [-0.05, 0) is 33.8 Å². The molecule has 0 unspecified atom stereocenters. The van der Waals surface area contributed by atoms with Crippen LogP contribution in [0.2, 0.25) is 0 Å². The summed E-state index contributed by atoms with van der Waals surface area (Å²) >= 11 is 0. The Balaban J connectivity index is 2.23. The maximum atomic E-state index is 12.5. The van der Waals surface area contributed by atoms with Crippen LogP contribution in [0.15, 0.2) is 30.3 Å². The molecule has 0 aliphatic heterocycles. The number of esters is 1. The van der Waals surface area contributed by atoms with Gasteiger partial charge in [0.25, 0.3) is 5.91 Å². The summed E-state index contributed by atoms with van der Waals surface area (Å²) in [4.78, 5) is 37.4. The number of nitrogens with zero attached hydrogens (tertiary/aromatic N) is 3. The average molecular weight is 374 g/mol. The summed E-state index contributed by atoms with van der Waals surface area (Å²) in [6.07, 6.45) is 0. The van der Waals surface area contributed by atoms with Gasteiger partial charge >= 0.3 is 11.7 Å². The number of para-hydroxylation sites is 2. The van der Waals surface area contributed by atoms with Crippen LogP contribution in [0.3, 0.4) is 0 Å². The molecule has 0 saturated heterocycles. The molecule has 0 aliphatic rings. The van der Waals surface area contributed by atoms with Crippen LogP contribution in [0, 0.1) is 4.91 Å². The molecular formula is C18H24N5O4+. The number of ether oxygens (including phenoxy) is 1. The number of aryl methyl sites for hydroxylation is 1. The summed E-state index contributed by atoms with van der Waals surface area (Å²) in [6, 6.07) is 7.94. The maximum Gasteiger partial charge on any atom is 0.356 e. The zero-order valence-corrected chi connectivity index (χ0v) is 16.1. The van der Waals surface area contributed by atoms with E-state index in [2.05, 4.69) is 15.8 Å². The van der Waals surface area contributed by atoms with E-state index in [9.17, 15) is 14.5 Å². The van der Waals surface area contributed by atoms with Crippen molar-refractivity contribution in [2.75, 3.05) is 11.9 Å². The van der Waals surface area contributed by atoms with Crippen molar-refractivity contribution in [2.45, 2.75) is 33.2 Å². The van der Waals surface area contributed by atoms with Crippen LogP contribution in [0.5, 0.6) is 0 Å². The lowest BCUT2D eigenvalue weighted by molar-refractivity contribution is -0.541. The van der Waals surface area contributed by atoms with E-state index < -0.39 is 17.4 Å². The number of nitrogens with one attached hydrogen (secondary N) is 2. The van der Waals surface area contributed by atoms with Crippen LogP contribution < -0.4 is 10.7 Å². The quantitative estimate of drug-likeness (QED) is 0.457. The molecule has 1 amide bonds. The topological polar surface area (TPSA) is 105 Å². The van der Waals surface area contributed by atoms with Gasteiger partial charge in [0.15, 0.2) is 10.6 Å². The summed E-state index contributed by atoms with van der Waals surface area (Å²) in [5.74, 6) is -1.11. The monoisotopic (exact) mass is 374 g/mol. The second-order valence-electron chi connectivity index (χ2n) is 6.89. The van der Waals surface area contributed by atoms with E-state index in [-0.39, 0.29) is 23.7 Å². The van der Waals surface area contributed by atoms with Gasteiger partial charge in [-0.2, -0.15) is 5.10 Å². The molecule has 2 N–H and O–H groups in total. The third-order valence-corrected chi connectivity index (χ3v) is 3.41. The minimum absolute atomic E-state index is 0.0385. The van der Waals surface area contributed by atoms with Gasteiger partial charge in [0, 0.05) is 19.2 Å². The Morgan fingerprint density at radius 3 is 2.56 bits per heavy atom. The number of aromatic nitrogens is 2. The Morgan fingerprint density at radius 1 is 1.26 bits per heavy atom. The number of carbonyl (C=O) groups excluding carboxylic acids is 2. The smallest absolute Gasteiger partial charge is 0.356 e. The molecule has 0 spiro atoms. The number of benzene rings is 1. The normalized spacial score (nSPS) is 11.0. The first-order chi connectivity index (χ1) is 12.6. The molecule has 2 aromatic rings. The van der Waals surface area contributed by atoms with E-state index in [1.165, 1.54) is 10.7 Å². The van der Waals surface area contributed by atoms with Crippen molar-refractivity contribution in [3.8, 4) is 0 Å². The molecule has 0 bridgehead atoms. The lowest BCUT2D eigenvalue weighted by Crippen LogP contribution is -2.40. The molecule has 0 radical (unpaired) electrons.